The molecule has 0 spiro atoms. The quantitative estimate of drug-likeness (QED) is 0.380. The van der Waals surface area contributed by atoms with Gasteiger partial charge in [-0.05, 0) is 67.9 Å². The highest BCUT2D eigenvalue weighted by Crippen LogP contribution is 2.37. The van der Waals surface area contributed by atoms with Crippen LogP contribution in [0.15, 0.2) is 60.7 Å². The Morgan fingerprint density at radius 2 is 1.56 bits per heavy atom. The Morgan fingerprint density at radius 3 is 2.32 bits per heavy atom. The zero-order valence-electron chi connectivity index (χ0n) is 20.1. The first-order valence-electron chi connectivity index (χ1n) is 13.1. The molecule has 4 nitrogen and oxygen atoms in total. The summed E-state index contributed by atoms with van der Waals surface area (Å²) in [7, 11) is 0. The van der Waals surface area contributed by atoms with Crippen molar-refractivity contribution in [2.75, 3.05) is 13.1 Å². The first-order chi connectivity index (χ1) is 16.8. The van der Waals surface area contributed by atoms with Gasteiger partial charge in [0, 0.05) is 18.5 Å². The maximum atomic E-state index is 13.7. The van der Waals surface area contributed by atoms with Gasteiger partial charge in [-0.25, -0.2) is 4.98 Å². The number of carbonyl (C=O) groups excluding carboxylic acids is 1. The second-order valence-electron chi connectivity index (χ2n) is 9.97. The van der Waals surface area contributed by atoms with E-state index in [4.69, 9.17) is 9.72 Å². The predicted octanol–water partition coefficient (Wildman–Crippen LogP) is 6.88. The summed E-state index contributed by atoms with van der Waals surface area (Å²) in [6, 6.07) is 20.6. The topological polar surface area (TPSA) is 42.4 Å². The van der Waals surface area contributed by atoms with Crippen LogP contribution in [0.25, 0.3) is 10.9 Å². The van der Waals surface area contributed by atoms with Crippen LogP contribution < -0.4 is 4.74 Å². The van der Waals surface area contributed by atoms with E-state index in [-0.39, 0.29) is 5.92 Å². The number of para-hydroxylation sites is 1. The van der Waals surface area contributed by atoms with Gasteiger partial charge in [-0.1, -0.05) is 62.1 Å². The maximum Gasteiger partial charge on any atom is 0.230 e. The third-order valence-corrected chi connectivity index (χ3v) is 7.59. The third kappa shape index (κ3) is 5.43. The molecule has 1 saturated carbocycles. The summed E-state index contributed by atoms with van der Waals surface area (Å²) in [6.07, 6.45) is 10.9. The predicted molar refractivity (Wildman–Crippen MR) is 137 cm³/mol. The fourth-order valence-corrected chi connectivity index (χ4v) is 5.69. The van der Waals surface area contributed by atoms with E-state index in [1.165, 1.54) is 32.1 Å². The van der Waals surface area contributed by atoms with E-state index < -0.39 is 0 Å². The van der Waals surface area contributed by atoms with Gasteiger partial charge in [0.1, 0.15) is 12.4 Å². The molecule has 2 heterocycles. The van der Waals surface area contributed by atoms with Crippen LogP contribution in [0.2, 0.25) is 0 Å². The number of piperidine rings is 1. The van der Waals surface area contributed by atoms with Crippen LogP contribution in [0.1, 0.15) is 75.0 Å². The molecule has 1 atom stereocenters. The lowest BCUT2D eigenvalue weighted by Crippen LogP contribution is -2.41. The van der Waals surface area contributed by atoms with Crippen LogP contribution in [0.5, 0.6) is 5.75 Å². The number of hydrogen-bond donors (Lipinski definition) is 0. The van der Waals surface area contributed by atoms with Crippen molar-refractivity contribution in [3.63, 3.8) is 0 Å². The minimum Gasteiger partial charge on any atom is -0.487 e. The zero-order chi connectivity index (χ0) is 23.2. The molecule has 1 aromatic heterocycles. The highest BCUT2D eigenvalue weighted by atomic mass is 16.5. The number of aromatic nitrogens is 1. The van der Waals surface area contributed by atoms with Crippen LogP contribution in [0, 0.1) is 5.92 Å². The standard InChI is InChI=1S/C30H36N2O2/c33-30(32-20-8-3-9-21-32)29(24-11-4-1-2-5-12-24)25-15-18-27(19-16-25)34-22-26-17-14-23-10-6-7-13-28(23)31-26/h6-7,10,13-19,24,29H,1-5,8-9,11-12,20-22H2. The molecule has 1 amide bonds. The lowest BCUT2D eigenvalue weighted by molar-refractivity contribution is -0.135. The summed E-state index contributed by atoms with van der Waals surface area (Å²) in [5.41, 5.74) is 3.06. The SMILES string of the molecule is O=C(C(c1ccc(OCc2ccc3ccccc3n2)cc1)C1CCCCCC1)N1CCCCC1. The van der Waals surface area contributed by atoms with Crippen molar-refractivity contribution >= 4 is 16.8 Å². The number of carbonyl (C=O) groups is 1. The molecule has 0 radical (unpaired) electrons. The van der Waals surface area contributed by atoms with Gasteiger partial charge < -0.3 is 9.64 Å². The lowest BCUT2D eigenvalue weighted by atomic mass is 9.80. The summed E-state index contributed by atoms with van der Waals surface area (Å²) in [5, 5.41) is 1.14. The molecule has 3 aromatic rings. The molecule has 2 aromatic carbocycles. The Balaban J connectivity index is 1.30. The highest BCUT2D eigenvalue weighted by molar-refractivity contribution is 5.84. The molecule has 1 aliphatic heterocycles. The number of rotatable bonds is 6. The van der Waals surface area contributed by atoms with Crippen LogP contribution in [-0.4, -0.2) is 28.9 Å². The van der Waals surface area contributed by atoms with E-state index in [0.29, 0.717) is 18.4 Å². The van der Waals surface area contributed by atoms with E-state index in [2.05, 4.69) is 29.2 Å². The average molecular weight is 457 g/mol. The largest absolute Gasteiger partial charge is 0.487 e. The lowest BCUT2D eigenvalue weighted by Gasteiger charge is -2.34. The third-order valence-electron chi connectivity index (χ3n) is 7.59. The van der Waals surface area contributed by atoms with Gasteiger partial charge in [-0.15, -0.1) is 0 Å². The summed E-state index contributed by atoms with van der Waals surface area (Å²) < 4.78 is 6.06. The van der Waals surface area contributed by atoms with Crippen molar-refractivity contribution in [1.82, 2.24) is 9.88 Å². The number of hydrogen-bond acceptors (Lipinski definition) is 3. The molecular weight excluding hydrogens is 420 g/mol. The number of likely N-dealkylation sites (tertiary alicyclic amines) is 1. The molecule has 0 bridgehead atoms. The zero-order valence-corrected chi connectivity index (χ0v) is 20.1. The molecule has 2 aliphatic rings. The molecule has 1 aliphatic carbocycles. The van der Waals surface area contributed by atoms with E-state index in [9.17, 15) is 4.79 Å². The van der Waals surface area contributed by atoms with Gasteiger partial charge in [-0.2, -0.15) is 0 Å². The monoisotopic (exact) mass is 456 g/mol. The van der Waals surface area contributed by atoms with Crippen molar-refractivity contribution < 1.29 is 9.53 Å². The molecule has 5 rings (SSSR count). The summed E-state index contributed by atoms with van der Waals surface area (Å²) in [6.45, 7) is 2.27. The van der Waals surface area contributed by atoms with Crippen LogP contribution >= 0.6 is 0 Å². The molecule has 2 fully saturated rings. The van der Waals surface area contributed by atoms with Crippen molar-refractivity contribution in [2.24, 2.45) is 5.92 Å². The normalized spacial score (nSPS) is 18.4. The molecule has 34 heavy (non-hydrogen) atoms. The summed E-state index contributed by atoms with van der Waals surface area (Å²) >= 11 is 0. The number of pyridine rings is 1. The first kappa shape index (κ1) is 22.9. The molecule has 1 unspecified atom stereocenters. The van der Waals surface area contributed by atoms with Gasteiger partial charge in [-0.3, -0.25) is 4.79 Å². The Labute approximate surface area is 203 Å². The molecule has 0 N–H and O–H groups in total. The number of benzene rings is 2. The second kappa shape index (κ2) is 11.0. The fourth-order valence-electron chi connectivity index (χ4n) is 5.69. The highest BCUT2D eigenvalue weighted by Gasteiger charge is 2.33. The molecule has 178 valence electrons. The van der Waals surface area contributed by atoms with E-state index in [1.807, 2.05) is 36.4 Å². The van der Waals surface area contributed by atoms with Crippen molar-refractivity contribution in [3.8, 4) is 5.75 Å². The summed E-state index contributed by atoms with van der Waals surface area (Å²) in [4.78, 5) is 20.5. The van der Waals surface area contributed by atoms with E-state index >= 15 is 0 Å². The number of nitrogens with zero attached hydrogens (tertiary/aromatic N) is 2. The maximum absolute atomic E-state index is 13.7. The summed E-state index contributed by atoms with van der Waals surface area (Å²) in [5.74, 6) is 1.60. The number of ether oxygens (including phenoxy) is 1. The van der Waals surface area contributed by atoms with Crippen molar-refractivity contribution in [3.05, 3.63) is 71.9 Å². The number of fused-ring (bicyclic) bond motifs is 1. The minimum absolute atomic E-state index is 0.0209. The fraction of sp³-hybridized carbons (Fsp3) is 0.467. The van der Waals surface area contributed by atoms with Crippen LogP contribution in [-0.2, 0) is 11.4 Å². The Kier molecular flexibility index (Phi) is 7.43. The van der Waals surface area contributed by atoms with E-state index in [1.54, 1.807) is 0 Å². The molecular formula is C30H36N2O2. The Bertz CT molecular complexity index is 1080. The van der Waals surface area contributed by atoms with Crippen molar-refractivity contribution in [2.45, 2.75) is 70.3 Å². The second-order valence-corrected chi connectivity index (χ2v) is 9.97. The smallest absolute Gasteiger partial charge is 0.230 e. The van der Waals surface area contributed by atoms with Crippen LogP contribution in [0.4, 0.5) is 0 Å². The Morgan fingerprint density at radius 1 is 0.853 bits per heavy atom. The Hall–Kier alpha value is -2.88. The van der Waals surface area contributed by atoms with Gasteiger partial charge in [0.05, 0.1) is 17.1 Å². The van der Waals surface area contributed by atoms with Crippen molar-refractivity contribution in [1.29, 1.82) is 0 Å². The average Bonchev–Trinajstić information content (AvgIpc) is 3.18. The molecule has 1 saturated heterocycles. The molecule has 4 heteroatoms. The van der Waals surface area contributed by atoms with E-state index in [0.717, 1.165) is 66.7 Å². The van der Waals surface area contributed by atoms with Gasteiger partial charge in [0.2, 0.25) is 5.91 Å². The van der Waals surface area contributed by atoms with Crippen LogP contribution in [0.3, 0.4) is 0 Å². The van der Waals surface area contributed by atoms with Gasteiger partial charge in [0.25, 0.3) is 0 Å². The minimum atomic E-state index is -0.0209. The van der Waals surface area contributed by atoms with Gasteiger partial charge in [0.15, 0.2) is 0 Å². The number of amides is 1. The first-order valence-corrected chi connectivity index (χ1v) is 13.1. The van der Waals surface area contributed by atoms with Gasteiger partial charge >= 0.3 is 0 Å².